The number of benzene rings is 1. The Kier molecular flexibility index (Phi) is 4.20. The van der Waals surface area contributed by atoms with Crippen molar-refractivity contribution in [3.8, 4) is 0 Å². The summed E-state index contributed by atoms with van der Waals surface area (Å²) >= 11 is 3.51. The smallest absolute Gasteiger partial charge is 0.308 e. The van der Waals surface area contributed by atoms with Crippen molar-refractivity contribution in [3.05, 3.63) is 33.9 Å². The Morgan fingerprint density at radius 3 is 2.79 bits per heavy atom. The van der Waals surface area contributed by atoms with Gasteiger partial charge in [-0.3, -0.25) is 9.59 Å². The molecule has 6 heteroatoms. The number of nitrogens with zero attached hydrogens (tertiary/aromatic N) is 1. The molecule has 24 heavy (non-hydrogen) atoms. The Morgan fingerprint density at radius 2 is 2.12 bits per heavy atom. The number of hydrogen-bond acceptors (Lipinski definition) is 3. The van der Waals surface area contributed by atoms with Gasteiger partial charge in [0.2, 0.25) is 5.91 Å². The third-order valence-corrected chi connectivity index (χ3v) is 5.20. The summed E-state index contributed by atoms with van der Waals surface area (Å²) < 4.78 is 8.11. The number of nitrogens with one attached hydrogen (secondary N) is 1. The Balaban J connectivity index is 2.22. The topological polar surface area (TPSA) is 60.3 Å². The van der Waals surface area contributed by atoms with Crippen molar-refractivity contribution < 1.29 is 14.3 Å². The van der Waals surface area contributed by atoms with E-state index in [1.54, 1.807) is 6.92 Å². The van der Waals surface area contributed by atoms with Gasteiger partial charge in [0.05, 0.1) is 24.5 Å². The molecule has 1 aromatic heterocycles. The van der Waals surface area contributed by atoms with Crippen molar-refractivity contribution >= 4 is 38.7 Å². The van der Waals surface area contributed by atoms with E-state index in [4.69, 9.17) is 4.74 Å². The first-order valence-corrected chi connectivity index (χ1v) is 8.81. The highest BCUT2D eigenvalue weighted by Gasteiger charge is 2.43. The maximum atomic E-state index is 12.7. The normalized spacial score (nSPS) is 19.0. The number of amides is 1. The lowest BCUT2D eigenvalue weighted by Gasteiger charge is -2.35. The summed E-state index contributed by atoms with van der Waals surface area (Å²) in [5.74, 6) is -0.378. The summed E-state index contributed by atoms with van der Waals surface area (Å²) in [5.41, 5.74) is 2.34. The molecule has 0 saturated carbocycles. The second-order valence-electron chi connectivity index (χ2n) is 6.64. The van der Waals surface area contributed by atoms with E-state index in [-0.39, 0.29) is 24.3 Å². The van der Waals surface area contributed by atoms with Crippen molar-refractivity contribution in [2.24, 2.45) is 7.05 Å². The number of carbonyl (C=O) groups is 2. The fourth-order valence-electron chi connectivity index (χ4n) is 3.56. The summed E-state index contributed by atoms with van der Waals surface area (Å²) in [5, 5.41) is 4.03. The van der Waals surface area contributed by atoms with E-state index in [0.29, 0.717) is 6.61 Å². The molecule has 1 unspecified atom stereocenters. The quantitative estimate of drug-likeness (QED) is 0.814. The molecule has 2 heterocycles. The van der Waals surface area contributed by atoms with Gasteiger partial charge in [-0.2, -0.15) is 0 Å². The van der Waals surface area contributed by atoms with Gasteiger partial charge in [0.1, 0.15) is 0 Å². The molecule has 128 valence electrons. The van der Waals surface area contributed by atoms with Crippen molar-refractivity contribution in [2.75, 3.05) is 6.61 Å². The summed E-state index contributed by atoms with van der Waals surface area (Å²) in [7, 11) is 1.97. The van der Waals surface area contributed by atoms with Crippen LogP contribution in [0.5, 0.6) is 0 Å². The van der Waals surface area contributed by atoms with Crippen LogP contribution in [0.15, 0.2) is 22.7 Å². The Labute approximate surface area is 149 Å². The molecule has 0 saturated heterocycles. The second-order valence-corrected chi connectivity index (χ2v) is 7.56. The van der Waals surface area contributed by atoms with E-state index in [1.165, 1.54) is 0 Å². The van der Waals surface area contributed by atoms with Gasteiger partial charge in [-0.15, -0.1) is 0 Å². The number of carbonyl (C=O) groups excluding carboxylic acids is 2. The van der Waals surface area contributed by atoms with Crippen LogP contribution < -0.4 is 5.32 Å². The monoisotopic (exact) mass is 392 g/mol. The van der Waals surface area contributed by atoms with Crippen LogP contribution in [-0.2, 0) is 26.8 Å². The van der Waals surface area contributed by atoms with Crippen molar-refractivity contribution in [1.29, 1.82) is 0 Å². The van der Waals surface area contributed by atoms with Crippen molar-refractivity contribution in [2.45, 2.75) is 38.6 Å². The van der Waals surface area contributed by atoms with Crippen LogP contribution in [0.2, 0.25) is 0 Å². The third-order valence-electron chi connectivity index (χ3n) is 4.71. The van der Waals surface area contributed by atoms with E-state index in [0.717, 1.165) is 26.6 Å². The molecule has 1 amide bonds. The Morgan fingerprint density at radius 1 is 1.42 bits per heavy atom. The molecule has 0 bridgehead atoms. The Hall–Kier alpha value is -1.82. The molecular weight excluding hydrogens is 372 g/mol. The fourth-order valence-corrected chi connectivity index (χ4v) is 3.92. The molecule has 0 fully saturated rings. The molecule has 1 aliphatic rings. The van der Waals surface area contributed by atoms with Gasteiger partial charge < -0.3 is 14.6 Å². The molecule has 0 spiro atoms. The molecule has 1 atom stereocenters. The molecule has 3 rings (SSSR count). The number of fused-ring (bicyclic) bond motifs is 3. The van der Waals surface area contributed by atoms with Crippen LogP contribution in [0.3, 0.4) is 0 Å². The first-order chi connectivity index (χ1) is 11.3. The van der Waals surface area contributed by atoms with E-state index in [2.05, 4.69) is 25.8 Å². The summed E-state index contributed by atoms with van der Waals surface area (Å²) in [6, 6.07) is 5.67. The van der Waals surface area contributed by atoms with Crippen LogP contribution in [0.4, 0.5) is 0 Å². The largest absolute Gasteiger partial charge is 0.466 e. The minimum absolute atomic E-state index is 0.0724. The van der Waals surface area contributed by atoms with Gasteiger partial charge in [0.15, 0.2) is 0 Å². The molecule has 0 aliphatic carbocycles. The van der Waals surface area contributed by atoms with Gasteiger partial charge in [-0.1, -0.05) is 15.9 Å². The average molecular weight is 393 g/mol. The first kappa shape index (κ1) is 17.0. The second kappa shape index (κ2) is 5.92. The molecular formula is C18H21BrN2O3. The van der Waals surface area contributed by atoms with Crippen LogP contribution in [0.1, 0.15) is 44.5 Å². The zero-order valence-corrected chi connectivity index (χ0v) is 15.9. The molecule has 1 N–H and O–H groups in total. The summed E-state index contributed by atoms with van der Waals surface area (Å²) in [6.07, 6.45) is 0.133. The van der Waals surface area contributed by atoms with Gasteiger partial charge in [0.25, 0.3) is 0 Å². The minimum atomic E-state index is -0.666. The van der Waals surface area contributed by atoms with Gasteiger partial charge in [-0.05, 0) is 44.5 Å². The van der Waals surface area contributed by atoms with Crippen LogP contribution in [-0.4, -0.2) is 23.1 Å². The molecule has 5 nitrogen and oxygen atoms in total. The van der Waals surface area contributed by atoms with Gasteiger partial charge in [-0.25, -0.2) is 0 Å². The standard InChI is InChI=1S/C18H21BrN2O3/c1-5-24-14(22)9-12-16-15(18(2,3)17(23)20-12)11-8-10(19)6-7-13(11)21(16)4/h6-8,12H,5,9H2,1-4H3,(H,20,23). The maximum Gasteiger partial charge on any atom is 0.308 e. The first-order valence-electron chi connectivity index (χ1n) is 8.02. The van der Waals surface area contributed by atoms with Crippen LogP contribution >= 0.6 is 15.9 Å². The number of halogens is 1. The zero-order valence-electron chi connectivity index (χ0n) is 14.3. The molecule has 2 aromatic rings. The highest BCUT2D eigenvalue weighted by atomic mass is 79.9. The fraction of sp³-hybridized carbons (Fsp3) is 0.444. The van der Waals surface area contributed by atoms with Gasteiger partial charge >= 0.3 is 5.97 Å². The highest BCUT2D eigenvalue weighted by Crippen LogP contribution is 2.43. The summed E-state index contributed by atoms with van der Waals surface area (Å²) in [4.78, 5) is 24.7. The number of esters is 1. The predicted molar refractivity (Wildman–Crippen MR) is 95.8 cm³/mol. The lowest BCUT2D eigenvalue weighted by Crippen LogP contribution is -2.48. The lowest BCUT2D eigenvalue weighted by atomic mass is 9.77. The predicted octanol–water partition coefficient (Wildman–Crippen LogP) is 3.34. The van der Waals surface area contributed by atoms with E-state index >= 15 is 0 Å². The lowest BCUT2D eigenvalue weighted by molar-refractivity contribution is -0.144. The van der Waals surface area contributed by atoms with E-state index < -0.39 is 5.41 Å². The number of hydrogen-bond donors (Lipinski definition) is 1. The third kappa shape index (κ3) is 2.53. The Bertz CT molecular complexity index is 838. The molecule has 0 radical (unpaired) electrons. The molecule has 1 aliphatic heterocycles. The maximum absolute atomic E-state index is 12.7. The van der Waals surface area contributed by atoms with Crippen LogP contribution in [0, 0.1) is 0 Å². The number of aromatic nitrogens is 1. The van der Waals surface area contributed by atoms with E-state index in [1.807, 2.05) is 39.1 Å². The average Bonchev–Trinajstić information content (AvgIpc) is 2.79. The minimum Gasteiger partial charge on any atom is -0.466 e. The van der Waals surface area contributed by atoms with Gasteiger partial charge in [0, 0.05) is 28.1 Å². The highest BCUT2D eigenvalue weighted by molar-refractivity contribution is 9.10. The summed E-state index contributed by atoms with van der Waals surface area (Å²) in [6.45, 7) is 5.95. The van der Waals surface area contributed by atoms with E-state index in [9.17, 15) is 9.59 Å². The zero-order chi connectivity index (χ0) is 17.6. The number of rotatable bonds is 3. The molecule has 1 aromatic carbocycles. The van der Waals surface area contributed by atoms with Crippen molar-refractivity contribution in [3.63, 3.8) is 0 Å². The van der Waals surface area contributed by atoms with Crippen LogP contribution in [0.25, 0.3) is 10.9 Å². The number of aryl methyl sites for hydroxylation is 1. The SMILES string of the molecule is CCOC(=O)CC1NC(=O)C(C)(C)c2c1n(C)c1ccc(Br)cc21. The van der Waals surface area contributed by atoms with Crippen molar-refractivity contribution in [1.82, 2.24) is 9.88 Å². The number of ether oxygens (including phenoxy) is 1.